The van der Waals surface area contributed by atoms with Crippen molar-refractivity contribution in [1.29, 1.82) is 5.26 Å². The van der Waals surface area contributed by atoms with Crippen LogP contribution in [0.1, 0.15) is 25.6 Å². The molecule has 4 heterocycles. The number of thiophene rings is 3. The summed E-state index contributed by atoms with van der Waals surface area (Å²) in [5.41, 5.74) is 2.41. The van der Waals surface area contributed by atoms with Gasteiger partial charge in [-0.3, -0.25) is 0 Å². The summed E-state index contributed by atoms with van der Waals surface area (Å²) in [6, 6.07) is 19.2. The van der Waals surface area contributed by atoms with Crippen molar-refractivity contribution in [2.24, 2.45) is 0 Å². The number of rotatable bonds is 8. The third-order valence-electron chi connectivity index (χ3n) is 7.84. The molecule has 0 saturated carbocycles. The first-order chi connectivity index (χ1) is 22.5. The Morgan fingerprint density at radius 1 is 1.09 bits per heavy atom. The van der Waals surface area contributed by atoms with Crippen molar-refractivity contribution in [3.8, 4) is 16.5 Å². The molecule has 0 atom stereocenters. The molecular formula is C37H28N4O3S3. The normalized spacial score (nSPS) is 15.1. The number of esters is 1. The monoisotopic (exact) mass is 672 g/mol. The molecule has 1 aliphatic rings. The van der Waals surface area contributed by atoms with Crippen LogP contribution in [0.2, 0.25) is 0 Å². The number of nitrogens with zero attached hydrogens (tertiary/aromatic N) is 4. The van der Waals surface area contributed by atoms with Gasteiger partial charge in [0.1, 0.15) is 18.0 Å². The van der Waals surface area contributed by atoms with E-state index in [1.807, 2.05) is 39.1 Å². The SMILES string of the molecule is [C-]#[N+]C1=C(/C=C/c2cc3cc4c(cc3s2)sc2cc(-c3ccc(N(C)CCOC(=O)C(=C)C)cc3)sc24)C(C)(C)O/C1=C(\C#N)[N+]#[C-]. The quantitative estimate of drug-likeness (QED) is 0.0710. The number of anilines is 1. The smallest absolute Gasteiger partial charge is 0.333 e. The van der Waals surface area contributed by atoms with E-state index in [1.165, 1.54) is 29.1 Å². The molecule has 1 aliphatic heterocycles. The highest BCUT2D eigenvalue weighted by Crippen LogP contribution is 2.46. The summed E-state index contributed by atoms with van der Waals surface area (Å²) in [4.78, 5) is 22.8. The number of carbonyl (C=O) groups excluding carboxylic acids is 1. The van der Waals surface area contributed by atoms with E-state index in [2.05, 4.69) is 69.7 Å². The van der Waals surface area contributed by atoms with Crippen molar-refractivity contribution >= 4 is 81.3 Å². The predicted octanol–water partition coefficient (Wildman–Crippen LogP) is 10.2. The van der Waals surface area contributed by atoms with Crippen LogP contribution in [0.5, 0.6) is 0 Å². The first kappa shape index (κ1) is 31.8. The van der Waals surface area contributed by atoms with Gasteiger partial charge in [0.15, 0.2) is 0 Å². The first-order valence-corrected chi connectivity index (χ1v) is 17.0. The van der Waals surface area contributed by atoms with Gasteiger partial charge in [0, 0.05) is 53.1 Å². The molecule has 3 aromatic heterocycles. The van der Waals surface area contributed by atoms with E-state index in [0.29, 0.717) is 24.3 Å². The molecule has 0 fully saturated rings. The zero-order valence-electron chi connectivity index (χ0n) is 26.1. The van der Waals surface area contributed by atoms with E-state index in [9.17, 15) is 10.1 Å². The van der Waals surface area contributed by atoms with Crippen LogP contribution in [0.25, 0.3) is 55.8 Å². The molecule has 5 aromatic rings. The lowest BCUT2D eigenvalue weighted by Crippen LogP contribution is -2.23. The minimum Gasteiger partial charge on any atom is -0.505 e. The fourth-order valence-corrected chi connectivity index (χ4v) is 8.95. The van der Waals surface area contributed by atoms with Crippen molar-refractivity contribution in [1.82, 2.24) is 0 Å². The Bertz CT molecular complexity index is 2310. The van der Waals surface area contributed by atoms with Crippen molar-refractivity contribution in [2.45, 2.75) is 26.4 Å². The molecule has 0 aliphatic carbocycles. The van der Waals surface area contributed by atoms with Crippen LogP contribution in [0, 0.1) is 24.5 Å². The summed E-state index contributed by atoms with van der Waals surface area (Å²) in [5.74, 6) is -0.314. The summed E-state index contributed by atoms with van der Waals surface area (Å²) < 4.78 is 16.1. The van der Waals surface area contributed by atoms with Crippen LogP contribution in [0.4, 0.5) is 5.69 Å². The first-order valence-electron chi connectivity index (χ1n) is 14.6. The van der Waals surface area contributed by atoms with Gasteiger partial charge in [-0.25, -0.2) is 19.7 Å². The van der Waals surface area contributed by atoms with E-state index in [4.69, 9.17) is 22.6 Å². The van der Waals surface area contributed by atoms with Crippen molar-refractivity contribution in [3.05, 3.63) is 117 Å². The number of benzene rings is 2. The van der Waals surface area contributed by atoms with Crippen molar-refractivity contribution in [2.75, 3.05) is 25.1 Å². The number of allylic oxidation sites excluding steroid dienone is 1. The summed E-state index contributed by atoms with van der Waals surface area (Å²) >= 11 is 5.27. The molecule has 232 valence electrons. The lowest BCUT2D eigenvalue weighted by atomic mass is 9.97. The van der Waals surface area contributed by atoms with Crippen LogP contribution in [0.3, 0.4) is 0 Å². The Balaban J connectivity index is 1.24. The van der Waals surface area contributed by atoms with Gasteiger partial charge in [-0.2, -0.15) is 0 Å². The molecule has 0 radical (unpaired) electrons. The van der Waals surface area contributed by atoms with E-state index in [0.717, 1.165) is 21.5 Å². The molecule has 0 saturated heterocycles. The Morgan fingerprint density at radius 3 is 2.53 bits per heavy atom. The lowest BCUT2D eigenvalue weighted by Gasteiger charge is -2.21. The highest BCUT2D eigenvalue weighted by atomic mass is 32.1. The van der Waals surface area contributed by atoms with Gasteiger partial charge in [-0.15, -0.1) is 34.0 Å². The van der Waals surface area contributed by atoms with E-state index in [1.54, 1.807) is 40.9 Å². The van der Waals surface area contributed by atoms with Gasteiger partial charge in [-0.05, 0) is 74.2 Å². The number of ether oxygens (including phenoxy) is 2. The van der Waals surface area contributed by atoms with Gasteiger partial charge in [-0.1, -0.05) is 24.8 Å². The summed E-state index contributed by atoms with van der Waals surface area (Å²) in [7, 11) is 1.98. The van der Waals surface area contributed by atoms with E-state index < -0.39 is 5.60 Å². The molecular weight excluding hydrogens is 645 g/mol. The van der Waals surface area contributed by atoms with Gasteiger partial charge in [0.2, 0.25) is 5.70 Å². The molecule has 0 N–H and O–H groups in total. The molecule has 0 unspecified atom stereocenters. The molecule has 0 amide bonds. The Labute approximate surface area is 284 Å². The summed E-state index contributed by atoms with van der Waals surface area (Å²) in [6.45, 7) is 24.8. The molecule has 47 heavy (non-hydrogen) atoms. The van der Waals surface area contributed by atoms with E-state index in [-0.39, 0.29) is 23.1 Å². The number of hydrogen-bond donors (Lipinski definition) is 0. The second-order valence-electron chi connectivity index (χ2n) is 11.5. The number of fused-ring (bicyclic) bond motifs is 4. The summed E-state index contributed by atoms with van der Waals surface area (Å²) in [6.07, 6.45) is 3.85. The average Bonchev–Trinajstić information content (AvgIpc) is 3.79. The van der Waals surface area contributed by atoms with Crippen LogP contribution in [0.15, 0.2) is 89.5 Å². The Kier molecular flexibility index (Phi) is 8.49. The lowest BCUT2D eigenvalue weighted by molar-refractivity contribution is -0.138. The number of hydrogen-bond acceptors (Lipinski definition) is 8. The second-order valence-corrected chi connectivity index (χ2v) is 14.8. The third kappa shape index (κ3) is 6.05. The number of nitriles is 1. The van der Waals surface area contributed by atoms with E-state index >= 15 is 0 Å². The zero-order valence-corrected chi connectivity index (χ0v) is 28.6. The highest BCUT2D eigenvalue weighted by Gasteiger charge is 2.38. The Morgan fingerprint density at radius 2 is 1.85 bits per heavy atom. The van der Waals surface area contributed by atoms with Crippen LogP contribution in [-0.4, -0.2) is 31.8 Å². The molecule has 2 aromatic carbocycles. The van der Waals surface area contributed by atoms with Gasteiger partial charge < -0.3 is 14.4 Å². The molecule has 6 rings (SSSR count). The van der Waals surface area contributed by atoms with Crippen LogP contribution >= 0.6 is 34.0 Å². The predicted molar refractivity (Wildman–Crippen MR) is 194 cm³/mol. The standard InChI is InChI=1S/C37H28N4O3S3/c1-21(2)36(42)43-15-14-41(7)24-10-8-22(9-11-24)29-19-32-35(47-29)26-17-23-16-25(45-30(23)18-31(26)46-32)12-13-27-33(40-6)34(28(20-38)39-5)44-37(27,3)4/h8-13,16-19H,1,14-15H2,2-4,7H3/b13-12+,34-28+. The number of likely N-dealkylation sites (N-methyl/N-ethyl adjacent to an activating group) is 1. The van der Waals surface area contributed by atoms with Crippen molar-refractivity contribution in [3.63, 3.8) is 0 Å². The zero-order chi connectivity index (χ0) is 33.5. The second kappa shape index (κ2) is 12.5. The largest absolute Gasteiger partial charge is 0.505 e. The molecule has 10 heteroatoms. The van der Waals surface area contributed by atoms with Crippen molar-refractivity contribution < 1.29 is 14.3 Å². The van der Waals surface area contributed by atoms with Gasteiger partial charge in [0.25, 0.3) is 5.70 Å². The Hall–Kier alpha value is -5.18. The third-order valence-corrected chi connectivity index (χ3v) is 11.3. The molecule has 0 spiro atoms. The molecule has 0 bridgehead atoms. The van der Waals surface area contributed by atoms with Crippen LogP contribution in [-0.2, 0) is 14.3 Å². The summed E-state index contributed by atoms with van der Waals surface area (Å²) in [5, 5.41) is 11.7. The fourth-order valence-electron chi connectivity index (χ4n) is 5.35. The topological polar surface area (TPSA) is 71.3 Å². The van der Waals surface area contributed by atoms with Crippen LogP contribution < -0.4 is 4.90 Å². The fraction of sp³-hybridized carbons (Fsp3) is 0.189. The van der Waals surface area contributed by atoms with Gasteiger partial charge in [0.05, 0.1) is 30.5 Å². The van der Waals surface area contributed by atoms with Gasteiger partial charge >= 0.3 is 5.97 Å². The molecule has 7 nitrogen and oxygen atoms in total. The minimum atomic E-state index is -0.836. The highest BCUT2D eigenvalue weighted by molar-refractivity contribution is 7.34. The maximum absolute atomic E-state index is 11.6. The maximum Gasteiger partial charge on any atom is 0.333 e. The maximum atomic E-state index is 11.6. The number of carbonyl (C=O) groups is 1. The minimum absolute atomic E-state index is 0.0557. The average molecular weight is 673 g/mol.